The fourth-order valence-corrected chi connectivity index (χ4v) is 6.35. The number of amides is 3. The number of aromatic amines is 1. The van der Waals surface area contributed by atoms with Crippen LogP contribution in [0.5, 0.6) is 0 Å². The van der Waals surface area contributed by atoms with E-state index in [4.69, 9.17) is 15.8 Å². The Bertz CT molecular complexity index is 1790. The van der Waals surface area contributed by atoms with Crippen LogP contribution in [0.3, 0.4) is 0 Å². The van der Waals surface area contributed by atoms with E-state index < -0.39 is 35.1 Å². The minimum Gasteiger partial charge on any atom is -0.477 e. The van der Waals surface area contributed by atoms with Gasteiger partial charge in [0.15, 0.2) is 36.0 Å². The van der Waals surface area contributed by atoms with Gasteiger partial charge >= 0.3 is 5.97 Å². The van der Waals surface area contributed by atoms with E-state index in [1.807, 2.05) is 9.88 Å². The summed E-state index contributed by atoms with van der Waals surface area (Å²) in [7, 11) is 0. The molecule has 5 rings (SSSR count). The van der Waals surface area contributed by atoms with E-state index >= 15 is 0 Å². The van der Waals surface area contributed by atoms with Gasteiger partial charge in [-0.1, -0.05) is 11.2 Å². The highest BCUT2D eigenvalue weighted by Crippen LogP contribution is 2.40. The predicted molar refractivity (Wildman–Crippen MR) is 161 cm³/mol. The van der Waals surface area contributed by atoms with Gasteiger partial charge in [-0.05, 0) is 24.6 Å². The molecule has 0 saturated carbocycles. The Morgan fingerprint density at radius 1 is 1.38 bits per heavy atom. The number of pyridine rings is 1. The van der Waals surface area contributed by atoms with Crippen LogP contribution in [0.2, 0.25) is 0 Å². The normalized spacial score (nSPS) is 17.8. The highest BCUT2D eigenvalue weighted by atomic mass is 32.2. The first kappa shape index (κ1) is 30.9. The number of fused-ring (bicyclic) bond motifs is 1. The number of carboxylic acid groups (broad SMARTS) is 1. The summed E-state index contributed by atoms with van der Waals surface area (Å²) in [6, 6.07) is 4.14. The van der Waals surface area contributed by atoms with Crippen molar-refractivity contribution >= 4 is 57.6 Å². The Labute approximate surface area is 263 Å². The summed E-state index contributed by atoms with van der Waals surface area (Å²) in [5.41, 5.74) is 7.46. The minimum atomic E-state index is -1.26. The van der Waals surface area contributed by atoms with E-state index in [1.54, 1.807) is 55.2 Å². The highest BCUT2D eigenvalue weighted by molar-refractivity contribution is 8.00. The molecule has 0 aliphatic carbocycles. The maximum atomic E-state index is 13.1. The molecule has 0 unspecified atom stereocenters. The number of hydrogen-bond donors (Lipinski definition) is 5. The second-order valence-electron chi connectivity index (χ2n) is 9.39. The van der Waals surface area contributed by atoms with Crippen LogP contribution in [-0.2, 0) is 25.8 Å². The average Bonchev–Trinajstić information content (AvgIpc) is 3.70. The number of nitrogens with two attached hydrogens (primary N) is 1. The molecular formula is C27H25N10O6S2+. The molecular weight excluding hydrogens is 624 g/mol. The van der Waals surface area contributed by atoms with Gasteiger partial charge in [0.05, 0.1) is 5.69 Å². The predicted octanol–water partition coefficient (Wildman–Crippen LogP) is 0.349. The molecule has 1 fully saturated rings. The van der Waals surface area contributed by atoms with E-state index in [9.17, 15) is 24.3 Å². The summed E-state index contributed by atoms with van der Waals surface area (Å²) < 4.78 is 1.84. The molecule has 3 aromatic rings. The largest absolute Gasteiger partial charge is 0.477 e. The number of aliphatic carboxylic acids is 1. The molecule has 230 valence electrons. The zero-order valence-corrected chi connectivity index (χ0v) is 25.1. The van der Waals surface area contributed by atoms with Crippen molar-refractivity contribution in [1.29, 1.82) is 5.26 Å². The first-order chi connectivity index (χ1) is 21.7. The zero-order valence-electron chi connectivity index (χ0n) is 23.5. The topological polar surface area (TPSA) is 233 Å². The summed E-state index contributed by atoms with van der Waals surface area (Å²) in [5.74, 6) is -2.80. The lowest BCUT2D eigenvalue weighted by molar-refractivity contribution is -0.686. The number of nitrogens with one attached hydrogen (secondary N) is 3. The monoisotopic (exact) mass is 649 g/mol. The van der Waals surface area contributed by atoms with Gasteiger partial charge in [0.25, 0.3) is 17.7 Å². The molecule has 2 aliphatic rings. The van der Waals surface area contributed by atoms with Crippen LogP contribution in [0.1, 0.15) is 23.1 Å². The number of rotatable bonds is 11. The van der Waals surface area contributed by atoms with Crippen molar-refractivity contribution < 1.29 is 33.7 Å². The number of oxime groups is 1. The SMILES string of the molecule is CCO/N=C(\C(=O)N[C@@H]1C(=O)N2C(C(=O)O)=C(/C=C\C[n+]3ccc(-c4cc(C(=O)NC#N)[nH]n4)cc3)CS[C@H]12)c1csc(N)n1. The maximum absolute atomic E-state index is 13.1. The van der Waals surface area contributed by atoms with Crippen LogP contribution in [0.25, 0.3) is 11.3 Å². The van der Waals surface area contributed by atoms with Crippen LogP contribution in [0.4, 0.5) is 5.13 Å². The molecule has 0 aromatic carbocycles. The Kier molecular flexibility index (Phi) is 9.20. The fraction of sp³-hybridized carbons (Fsp3) is 0.222. The van der Waals surface area contributed by atoms with Crippen molar-refractivity contribution in [3.63, 3.8) is 0 Å². The minimum absolute atomic E-state index is 0.142. The molecule has 3 aromatic heterocycles. The molecule has 18 heteroatoms. The molecule has 1 saturated heterocycles. The standard InChI is InChI=1S/C27H24N10O6S2/c1-2-43-35-19(18-12-45-27(29)31-18)23(39)32-20-24(40)37-21(26(41)42)15(11-44-25(20)37)4-3-7-36-8-5-14(6-9-36)16-10-17(34-33-16)22(38)30-13-28/h3-6,8-10,12,20,25H,2,7,11H2,1H3,(H5,29,30,31,32,38,39,41,42)/p+1/b4-3-,35-19-/t20-,25-/m1/s1. The van der Waals surface area contributed by atoms with Crippen molar-refractivity contribution in [1.82, 2.24) is 30.7 Å². The first-order valence-corrected chi connectivity index (χ1v) is 15.2. The van der Waals surface area contributed by atoms with Crippen molar-refractivity contribution in [3.8, 4) is 17.5 Å². The second kappa shape index (κ2) is 13.4. The molecule has 0 radical (unpaired) electrons. The van der Waals surface area contributed by atoms with Crippen LogP contribution in [0.15, 0.2) is 64.6 Å². The first-order valence-electron chi connectivity index (χ1n) is 13.3. The number of thiazole rings is 1. The van der Waals surface area contributed by atoms with E-state index in [1.165, 1.54) is 22.7 Å². The van der Waals surface area contributed by atoms with E-state index in [2.05, 4.69) is 25.7 Å². The van der Waals surface area contributed by atoms with Gasteiger partial charge in [-0.15, -0.1) is 23.1 Å². The van der Waals surface area contributed by atoms with Gasteiger partial charge < -0.3 is 21.0 Å². The van der Waals surface area contributed by atoms with E-state index in [0.717, 1.165) is 16.9 Å². The highest BCUT2D eigenvalue weighted by Gasteiger charge is 2.54. The summed E-state index contributed by atoms with van der Waals surface area (Å²) >= 11 is 2.45. The number of hydrogen-bond acceptors (Lipinski definition) is 12. The number of aromatic nitrogens is 4. The average molecular weight is 650 g/mol. The van der Waals surface area contributed by atoms with E-state index in [-0.39, 0.29) is 34.5 Å². The van der Waals surface area contributed by atoms with Crippen LogP contribution in [-0.4, -0.2) is 78.4 Å². The van der Waals surface area contributed by atoms with Crippen LogP contribution < -0.4 is 20.9 Å². The molecule has 6 N–H and O–H groups in total. The summed E-state index contributed by atoms with van der Waals surface area (Å²) in [6.45, 7) is 2.30. The molecule has 0 bridgehead atoms. The number of carbonyl (C=O) groups excluding carboxylic acids is 3. The molecule has 45 heavy (non-hydrogen) atoms. The second-order valence-corrected chi connectivity index (χ2v) is 11.4. The number of nitrogen functional groups attached to an aromatic ring is 1. The fourth-order valence-electron chi connectivity index (χ4n) is 4.48. The molecule has 5 heterocycles. The summed E-state index contributed by atoms with van der Waals surface area (Å²) in [6.07, 6.45) is 8.59. The lowest BCUT2D eigenvalue weighted by Gasteiger charge is -2.49. The Morgan fingerprint density at radius 2 is 2.16 bits per heavy atom. The number of H-pyrrole nitrogens is 1. The third kappa shape index (κ3) is 6.53. The lowest BCUT2D eigenvalue weighted by atomic mass is 10.0. The van der Waals surface area contributed by atoms with Crippen LogP contribution >= 0.6 is 23.1 Å². The smallest absolute Gasteiger partial charge is 0.352 e. The summed E-state index contributed by atoms with van der Waals surface area (Å²) in [5, 5.41) is 34.9. The van der Waals surface area contributed by atoms with Crippen molar-refractivity contribution in [2.45, 2.75) is 24.9 Å². The van der Waals surface area contributed by atoms with Gasteiger partial charge in [0.2, 0.25) is 0 Å². The molecule has 2 aliphatic heterocycles. The Morgan fingerprint density at radius 3 is 2.82 bits per heavy atom. The van der Waals surface area contributed by atoms with E-state index in [0.29, 0.717) is 23.6 Å². The third-order valence-electron chi connectivity index (χ3n) is 6.57. The number of allylic oxidation sites excluding steroid dienone is 2. The molecule has 3 amide bonds. The molecule has 2 atom stereocenters. The number of carboxylic acids is 1. The number of carbonyl (C=O) groups is 4. The van der Waals surface area contributed by atoms with Crippen LogP contribution in [0, 0.1) is 11.5 Å². The van der Waals surface area contributed by atoms with Gasteiger partial charge in [-0.2, -0.15) is 10.4 Å². The van der Waals surface area contributed by atoms with Gasteiger partial charge in [-0.3, -0.25) is 29.7 Å². The number of anilines is 1. The van der Waals surface area contributed by atoms with Crippen molar-refractivity contribution in [2.24, 2.45) is 5.16 Å². The molecule has 0 spiro atoms. The Hall–Kier alpha value is -5.54. The Balaban J connectivity index is 1.24. The molecule has 16 nitrogen and oxygen atoms in total. The number of thioether (sulfide) groups is 1. The summed E-state index contributed by atoms with van der Waals surface area (Å²) in [4.78, 5) is 60.5. The van der Waals surface area contributed by atoms with Crippen molar-refractivity contribution in [3.05, 3.63) is 70.8 Å². The quantitative estimate of drug-likeness (QED) is 0.0475. The lowest BCUT2D eigenvalue weighted by Crippen LogP contribution is -2.71. The maximum Gasteiger partial charge on any atom is 0.352 e. The van der Waals surface area contributed by atoms with Gasteiger partial charge in [0.1, 0.15) is 35.1 Å². The van der Waals surface area contributed by atoms with Gasteiger partial charge in [0, 0.05) is 28.8 Å². The number of nitriles is 1. The zero-order chi connectivity index (χ0) is 32.1. The van der Waals surface area contributed by atoms with Crippen molar-refractivity contribution in [2.75, 3.05) is 18.1 Å². The third-order valence-corrected chi connectivity index (χ3v) is 8.54. The van der Waals surface area contributed by atoms with Gasteiger partial charge in [-0.25, -0.2) is 14.3 Å². The number of β-lactam (4-membered cyclic amide) rings is 1. The number of nitrogens with zero attached hydrogens (tertiary/aromatic N) is 6.